The Morgan fingerprint density at radius 1 is 1.10 bits per heavy atom. The molecule has 6 nitrogen and oxygen atoms in total. The largest absolute Gasteiger partial charge is 0.274 e. The number of carbonyl (C=O) groups is 2. The van der Waals surface area contributed by atoms with Crippen molar-refractivity contribution in [2.45, 2.75) is 19.3 Å². The van der Waals surface area contributed by atoms with Crippen molar-refractivity contribution in [1.29, 1.82) is 0 Å². The minimum atomic E-state index is -0.582. The molecule has 1 aromatic carbocycles. The van der Waals surface area contributed by atoms with Gasteiger partial charge in [0, 0.05) is 24.6 Å². The van der Waals surface area contributed by atoms with Crippen LogP contribution in [0.15, 0.2) is 18.2 Å². The molecule has 0 N–H and O–H groups in total. The lowest BCUT2D eigenvalue weighted by Gasteiger charge is -2.12. The second-order valence-electron chi connectivity index (χ2n) is 4.50. The maximum Gasteiger partial charge on any atom is 0.270 e. The van der Waals surface area contributed by atoms with E-state index >= 15 is 0 Å². The van der Waals surface area contributed by atoms with Crippen molar-refractivity contribution in [3.63, 3.8) is 0 Å². The fourth-order valence-corrected chi connectivity index (χ4v) is 2.33. The molecule has 0 radical (unpaired) electrons. The molecule has 1 aliphatic heterocycles. The van der Waals surface area contributed by atoms with Crippen LogP contribution in [0.4, 0.5) is 5.69 Å². The molecule has 0 saturated carbocycles. The lowest BCUT2D eigenvalue weighted by molar-refractivity contribution is -0.384. The number of nitro benzene ring substituents is 1. The van der Waals surface area contributed by atoms with E-state index in [2.05, 4.69) is 0 Å². The van der Waals surface area contributed by atoms with Gasteiger partial charge in [-0.1, -0.05) is 6.42 Å². The van der Waals surface area contributed by atoms with E-state index in [9.17, 15) is 19.7 Å². The molecule has 0 bridgehead atoms. The fraction of sp³-hybridized carbons (Fsp3) is 0.385. The van der Waals surface area contributed by atoms with E-state index in [0.29, 0.717) is 18.8 Å². The summed E-state index contributed by atoms with van der Waals surface area (Å²) in [7, 11) is 0. The van der Waals surface area contributed by atoms with Crippen molar-refractivity contribution in [1.82, 2.24) is 4.90 Å². The molecule has 0 spiro atoms. The first-order valence-corrected chi connectivity index (χ1v) is 6.80. The summed E-state index contributed by atoms with van der Waals surface area (Å²) in [6.45, 7) is 0.317. The van der Waals surface area contributed by atoms with Crippen LogP contribution in [-0.2, 0) is 0 Å². The molecule has 1 heterocycles. The van der Waals surface area contributed by atoms with Gasteiger partial charge in [-0.3, -0.25) is 24.6 Å². The molecule has 0 atom stereocenters. The summed E-state index contributed by atoms with van der Waals surface area (Å²) in [5.74, 6) is -0.292. The average Bonchev–Trinajstić information content (AvgIpc) is 2.67. The summed E-state index contributed by atoms with van der Waals surface area (Å²) in [5, 5.41) is 10.7. The number of non-ortho nitro benzene ring substituents is 1. The van der Waals surface area contributed by atoms with Crippen LogP contribution in [0.3, 0.4) is 0 Å². The summed E-state index contributed by atoms with van der Waals surface area (Å²) >= 11 is 5.56. The Morgan fingerprint density at radius 3 is 2.45 bits per heavy atom. The standard InChI is InChI=1S/C13H13ClN2O4/c14-6-2-1-3-7-15-12(17)10-5-4-9(16(19)20)8-11(10)13(15)18/h4-5,8H,1-3,6-7H2. The van der Waals surface area contributed by atoms with E-state index < -0.39 is 10.8 Å². The number of amides is 2. The van der Waals surface area contributed by atoms with Gasteiger partial charge >= 0.3 is 0 Å². The van der Waals surface area contributed by atoms with Gasteiger partial charge in [0.25, 0.3) is 17.5 Å². The quantitative estimate of drug-likeness (QED) is 0.266. The molecule has 0 fully saturated rings. The topological polar surface area (TPSA) is 80.5 Å². The first-order valence-electron chi connectivity index (χ1n) is 6.27. The van der Waals surface area contributed by atoms with Crippen molar-refractivity contribution in [3.05, 3.63) is 39.4 Å². The third kappa shape index (κ3) is 2.65. The zero-order valence-electron chi connectivity index (χ0n) is 10.7. The maximum absolute atomic E-state index is 12.1. The molecule has 20 heavy (non-hydrogen) atoms. The van der Waals surface area contributed by atoms with E-state index in [4.69, 9.17) is 11.6 Å². The summed E-state index contributed by atoms with van der Waals surface area (Å²) in [6.07, 6.45) is 2.34. The first kappa shape index (κ1) is 14.5. The predicted molar refractivity (Wildman–Crippen MR) is 73.0 cm³/mol. The number of halogens is 1. The summed E-state index contributed by atoms with van der Waals surface area (Å²) in [4.78, 5) is 35.4. The molecule has 0 saturated heterocycles. The number of fused-ring (bicyclic) bond motifs is 1. The number of hydrogen-bond acceptors (Lipinski definition) is 4. The van der Waals surface area contributed by atoms with Gasteiger partial charge in [0.2, 0.25) is 0 Å². The highest BCUT2D eigenvalue weighted by Gasteiger charge is 2.36. The van der Waals surface area contributed by atoms with Gasteiger partial charge in [-0.15, -0.1) is 11.6 Å². The predicted octanol–water partition coefficient (Wildman–Crippen LogP) is 2.60. The SMILES string of the molecule is O=C1c2ccc([N+](=O)[O-])cc2C(=O)N1CCCCCCl. The van der Waals surface area contributed by atoms with Crippen LogP contribution in [-0.4, -0.2) is 34.1 Å². The molecule has 0 aromatic heterocycles. The normalized spacial score (nSPS) is 13.8. The second kappa shape index (κ2) is 6.00. The second-order valence-corrected chi connectivity index (χ2v) is 4.88. The number of alkyl halides is 1. The highest BCUT2D eigenvalue weighted by atomic mass is 35.5. The van der Waals surface area contributed by atoms with Gasteiger partial charge in [-0.25, -0.2) is 0 Å². The number of rotatable bonds is 6. The summed E-state index contributed by atoms with van der Waals surface area (Å²) in [5.41, 5.74) is 0.161. The lowest BCUT2D eigenvalue weighted by atomic mass is 10.1. The summed E-state index contributed by atoms with van der Waals surface area (Å²) < 4.78 is 0. The van der Waals surface area contributed by atoms with Crippen LogP contribution in [0, 0.1) is 10.1 Å². The van der Waals surface area contributed by atoms with Gasteiger partial charge < -0.3 is 0 Å². The van der Waals surface area contributed by atoms with E-state index in [-0.39, 0.29) is 22.7 Å². The van der Waals surface area contributed by atoms with Gasteiger partial charge in [0.15, 0.2) is 0 Å². The minimum Gasteiger partial charge on any atom is -0.274 e. The number of nitro groups is 1. The Bertz CT molecular complexity index is 573. The molecule has 0 aliphatic carbocycles. The Labute approximate surface area is 120 Å². The highest BCUT2D eigenvalue weighted by Crippen LogP contribution is 2.27. The van der Waals surface area contributed by atoms with Crippen LogP contribution >= 0.6 is 11.6 Å². The fourth-order valence-electron chi connectivity index (χ4n) is 2.14. The van der Waals surface area contributed by atoms with Gasteiger partial charge in [-0.2, -0.15) is 0 Å². The molecule has 1 aromatic rings. The minimum absolute atomic E-state index is 0.113. The van der Waals surface area contributed by atoms with Crippen molar-refractivity contribution in [2.75, 3.05) is 12.4 Å². The van der Waals surface area contributed by atoms with Crippen molar-refractivity contribution >= 4 is 29.1 Å². The third-order valence-corrected chi connectivity index (χ3v) is 3.45. The molecule has 0 unspecified atom stereocenters. The average molecular weight is 297 g/mol. The number of hydrogen-bond donors (Lipinski definition) is 0. The van der Waals surface area contributed by atoms with Crippen LogP contribution in [0.25, 0.3) is 0 Å². The summed E-state index contributed by atoms with van der Waals surface area (Å²) in [6, 6.07) is 3.74. The maximum atomic E-state index is 12.1. The van der Waals surface area contributed by atoms with Crippen molar-refractivity contribution in [3.8, 4) is 0 Å². The van der Waals surface area contributed by atoms with E-state index in [0.717, 1.165) is 23.8 Å². The Hall–Kier alpha value is -1.95. The Morgan fingerprint density at radius 2 is 1.80 bits per heavy atom. The smallest absolute Gasteiger partial charge is 0.270 e. The van der Waals surface area contributed by atoms with Crippen LogP contribution in [0.2, 0.25) is 0 Å². The van der Waals surface area contributed by atoms with E-state index in [1.54, 1.807) is 0 Å². The number of nitrogens with zero attached hydrogens (tertiary/aromatic N) is 2. The zero-order chi connectivity index (χ0) is 14.7. The Balaban J connectivity index is 2.15. The zero-order valence-corrected chi connectivity index (χ0v) is 11.4. The lowest BCUT2D eigenvalue weighted by Crippen LogP contribution is -2.30. The number of benzene rings is 1. The van der Waals surface area contributed by atoms with Crippen LogP contribution < -0.4 is 0 Å². The highest BCUT2D eigenvalue weighted by molar-refractivity contribution is 6.21. The Kier molecular flexibility index (Phi) is 4.34. The molecule has 1 aliphatic rings. The molecule has 106 valence electrons. The van der Waals surface area contributed by atoms with Gasteiger partial charge in [0.1, 0.15) is 0 Å². The number of carbonyl (C=O) groups excluding carboxylic acids is 2. The molecular weight excluding hydrogens is 284 g/mol. The molecule has 2 rings (SSSR count). The van der Waals surface area contributed by atoms with Gasteiger partial charge in [-0.05, 0) is 18.9 Å². The number of imide groups is 1. The van der Waals surface area contributed by atoms with E-state index in [1.807, 2.05) is 0 Å². The third-order valence-electron chi connectivity index (χ3n) is 3.18. The first-order chi connectivity index (χ1) is 9.56. The van der Waals surface area contributed by atoms with Crippen LogP contribution in [0.5, 0.6) is 0 Å². The molecular formula is C13H13ClN2O4. The van der Waals surface area contributed by atoms with Crippen molar-refractivity contribution < 1.29 is 14.5 Å². The monoisotopic (exact) mass is 296 g/mol. The molecule has 2 amide bonds. The number of unbranched alkanes of at least 4 members (excludes halogenated alkanes) is 2. The van der Waals surface area contributed by atoms with Crippen molar-refractivity contribution in [2.24, 2.45) is 0 Å². The molecule has 7 heteroatoms. The van der Waals surface area contributed by atoms with E-state index in [1.165, 1.54) is 12.1 Å². The van der Waals surface area contributed by atoms with Gasteiger partial charge in [0.05, 0.1) is 16.1 Å². The van der Waals surface area contributed by atoms with Crippen LogP contribution in [0.1, 0.15) is 40.0 Å².